The minimum atomic E-state index is -1.17. The molecular weight excluding hydrogens is 460 g/mol. The smallest absolute Gasteiger partial charge is 0.268 e. The predicted octanol–water partition coefficient (Wildman–Crippen LogP) is 2.50. The summed E-state index contributed by atoms with van der Waals surface area (Å²) in [7, 11) is 1.59. The van der Waals surface area contributed by atoms with Crippen LogP contribution in [0.3, 0.4) is 0 Å². The van der Waals surface area contributed by atoms with Crippen LogP contribution in [0.2, 0.25) is 0 Å². The van der Waals surface area contributed by atoms with Gasteiger partial charge in [-0.1, -0.05) is 32.1 Å². The van der Waals surface area contributed by atoms with Gasteiger partial charge in [0.2, 0.25) is 5.91 Å². The maximum Gasteiger partial charge on any atom is 0.268 e. The van der Waals surface area contributed by atoms with E-state index in [4.69, 9.17) is 4.74 Å². The third-order valence-electron chi connectivity index (χ3n) is 7.58. The lowest BCUT2D eigenvalue weighted by molar-refractivity contribution is -0.123. The fraction of sp³-hybridized carbons (Fsp3) is 0.556. The van der Waals surface area contributed by atoms with Crippen molar-refractivity contribution >= 4 is 35.3 Å². The number of ether oxygens (including phenoxy) is 1. The van der Waals surface area contributed by atoms with Crippen molar-refractivity contribution in [3.63, 3.8) is 0 Å². The molecule has 0 spiro atoms. The number of benzene rings is 1. The standard InChI is InChI=1S/C27H36N4O5/c1-36-22-7-8-23-20(12-22)13-24(30-23)26(35)31-27(17-33,14-18-5-3-2-4-6-18)16-29-21(15-32)11-19-9-10-28-25(19)34/h7-8,12-13,15,17-19,21,29-30H,2-6,9-11,14,16H2,1H3,(H,28,34)(H,31,35)/t19-,21-,27+/m0/s1. The largest absolute Gasteiger partial charge is 0.497 e. The van der Waals surface area contributed by atoms with Gasteiger partial charge in [0.25, 0.3) is 5.91 Å². The topological polar surface area (TPSA) is 129 Å². The second kappa shape index (κ2) is 11.7. The van der Waals surface area contributed by atoms with E-state index in [1.54, 1.807) is 13.2 Å². The molecular formula is C27H36N4O5. The van der Waals surface area contributed by atoms with Crippen LogP contribution >= 0.6 is 0 Å². The molecule has 2 aromatic rings. The highest BCUT2D eigenvalue weighted by atomic mass is 16.5. The zero-order valence-corrected chi connectivity index (χ0v) is 20.8. The van der Waals surface area contributed by atoms with E-state index in [-0.39, 0.29) is 24.3 Å². The molecule has 2 fully saturated rings. The molecule has 4 rings (SSSR count). The van der Waals surface area contributed by atoms with Gasteiger partial charge in [-0.25, -0.2) is 0 Å². The maximum absolute atomic E-state index is 13.3. The van der Waals surface area contributed by atoms with Crippen molar-refractivity contribution in [3.8, 4) is 5.75 Å². The van der Waals surface area contributed by atoms with E-state index in [1.165, 1.54) is 6.42 Å². The number of rotatable bonds is 12. The Hall–Kier alpha value is -3.20. The summed E-state index contributed by atoms with van der Waals surface area (Å²) in [4.78, 5) is 52.8. The molecule has 3 atom stereocenters. The molecule has 1 aromatic heterocycles. The van der Waals surface area contributed by atoms with Crippen molar-refractivity contribution in [2.45, 2.75) is 62.9 Å². The molecule has 36 heavy (non-hydrogen) atoms. The van der Waals surface area contributed by atoms with E-state index >= 15 is 0 Å². The molecule has 2 amide bonds. The van der Waals surface area contributed by atoms with Crippen LogP contribution in [0.15, 0.2) is 24.3 Å². The summed E-state index contributed by atoms with van der Waals surface area (Å²) in [6.45, 7) is 0.728. The van der Waals surface area contributed by atoms with Gasteiger partial charge >= 0.3 is 0 Å². The van der Waals surface area contributed by atoms with E-state index in [0.717, 1.165) is 49.2 Å². The minimum Gasteiger partial charge on any atom is -0.497 e. The monoisotopic (exact) mass is 496 g/mol. The number of aromatic nitrogens is 1. The first-order valence-corrected chi connectivity index (χ1v) is 12.9. The van der Waals surface area contributed by atoms with Crippen LogP contribution < -0.4 is 20.7 Å². The first-order valence-electron chi connectivity index (χ1n) is 12.9. The lowest BCUT2D eigenvalue weighted by atomic mass is 9.79. The van der Waals surface area contributed by atoms with Gasteiger partial charge in [0.05, 0.1) is 13.2 Å². The second-order valence-electron chi connectivity index (χ2n) is 10.2. The van der Waals surface area contributed by atoms with Crippen molar-refractivity contribution in [2.24, 2.45) is 11.8 Å². The fourth-order valence-electron chi connectivity index (χ4n) is 5.52. The van der Waals surface area contributed by atoms with Gasteiger partial charge in [-0.05, 0) is 49.4 Å². The van der Waals surface area contributed by atoms with Gasteiger partial charge < -0.3 is 35.3 Å². The van der Waals surface area contributed by atoms with Gasteiger partial charge in [0.15, 0.2) is 0 Å². The Morgan fingerprint density at radius 3 is 2.67 bits per heavy atom. The number of hydrogen-bond donors (Lipinski definition) is 4. The Labute approximate surface area is 211 Å². The maximum atomic E-state index is 13.3. The number of carbonyl (C=O) groups is 4. The average Bonchev–Trinajstić information content (AvgIpc) is 3.52. The van der Waals surface area contributed by atoms with E-state index in [1.807, 2.05) is 18.2 Å². The van der Waals surface area contributed by atoms with Crippen molar-refractivity contribution in [1.29, 1.82) is 0 Å². The van der Waals surface area contributed by atoms with E-state index in [9.17, 15) is 19.2 Å². The van der Waals surface area contributed by atoms with Crippen molar-refractivity contribution in [1.82, 2.24) is 20.9 Å². The Morgan fingerprint density at radius 1 is 1.19 bits per heavy atom. The van der Waals surface area contributed by atoms with Crippen LogP contribution in [-0.2, 0) is 14.4 Å². The summed E-state index contributed by atoms with van der Waals surface area (Å²) in [5.41, 5.74) is -0.0330. The van der Waals surface area contributed by atoms with Crippen molar-refractivity contribution < 1.29 is 23.9 Å². The minimum absolute atomic E-state index is 0.0451. The fourth-order valence-corrected chi connectivity index (χ4v) is 5.52. The number of carbonyl (C=O) groups excluding carboxylic acids is 4. The van der Waals surface area contributed by atoms with Crippen LogP contribution in [0.5, 0.6) is 5.75 Å². The van der Waals surface area contributed by atoms with Gasteiger partial charge in [-0.2, -0.15) is 0 Å². The van der Waals surface area contributed by atoms with Crippen LogP contribution in [0.25, 0.3) is 10.9 Å². The lowest BCUT2D eigenvalue weighted by Crippen LogP contribution is -2.58. The highest BCUT2D eigenvalue weighted by molar-refractivity contribution is 5.99. The molecule has 194 valence electrons. The van der Waals surface area contributed by atoms with Crippen molar-refractivity contribution in [3.05, 3.63) is 30.0 Å². The molecule has 1 aliphatic carbocycles. The number of aldehydes is 2. The summed E-state index contributed by atoms with van der Waals surface area (Å²) in [6.07, 6.45) is 8.57. The molecule has 0 radical (unpaired) electrons. The molecule has 1 aliphatic heterocycles. The lowest BCUT2D eigenvalue weighted by Gasteiger charge is -2.35. The first kappa shape index (κ1) is 25.9. The molecule has 4 N–H and O–H groups in total. The average molecular weight is 497 g/mol. The Kier molecular flexibility index (Phi) is 8.40. The summed E-state index contributed by atoms with van der Waals surface area (Å²) in [5, 5.41) is 9.79. The molecule has 9 nitrogen and oxygen atoms in total. The number of amides is 2. The highest BCUT2D eigenvalue weighted by Crippen LogP contribution is 2.31. The van der Waals surface area contributed by atoms with Gasteiger partial charge in [-0.3, -0.25) is 9.59 Å². The molecule has 1 saturated heterocycles. The van der Waals surface area contributed by atoms with Crippen LogP contribution in [0.4, 0.5) is 0 Å². The van der Waals surface area contributed by atoms with E-state index in [2.05, 4.69) is 20.9 Å². The summed E-state index contributed by atoms with van der Waals surface area (Å²) < 4.78 is 5.27. The van der Waals surface area contributed by atoms with E-state index < -0.39 is 11.6 Å². The van der Waals surface area contributed by atoms with Crippen LogP contribution in [-0.4, -0.2) is 61.2 Å². The molecule has 2 aliphatic rings. The van der Waals surface area contributed by atoms with E-state index in [0.29, 0.717) is 43.2 Å². The SMILES string of the molecule is COc1ccc2[nH]c(C(=O)N[C@@](C=O)(CN[C@H](C=O)C[C@@H]3CCNC3=O)CC3CCCCC3)cc2c1. The number of H-pyrrole nitrogens is 1. The number of methoxy groups -OCH3 is 1. The molecule has 0 bridgehead atoms. The predicted molar refractivity (Wildman–Crippen MR) is 136 cm³/mol. The Morgan fingerprint density at radius 2 is 2.00 bits per heavy atom. The summed E-state index contributed by atoms with van der Waals surface area (Å²) in [5.74, 6) is 0.347. The number of nitrogens with one attached hydrogen (secondary N) is 4. The molecule has 9 heteroatoms. The van der Waals surface area contributed by atoms with Crippen LogP contribution in [0, 0.1) is 11.8 Å². The number of aromatic amines is 1. The molecule has 1 saturated carbocycles. The van der Waals surface area contributed by atoms with Gasteiger partial charge in [0, 0.05) is 29.9 Å². The normalized spacial score (nSPS) is 20.9. The molecule has 0 unspecified atom stereocenters. The van der Waals surface area contributed by atoms with Crippen LogP contribution in [0.1, 0.15) is 61.9 Å². The summed E-state index contributed by atoms with van der Waals surface area (Å²) >= 11 is 0. The Balaban J connectivity index is 1.51. The zero-order chi connectivity index (χ0) is 25.5. The third kappa shape index (κ3) is 6.13. The highest BCUT2D eigenvalue weighted by Gasteiger charge is 2.37. The second-order valence-corrected chi connectivity index (χ2v) is 10.2. The Bertz CT molecular complexity index is 1090. The quantitative estimate of drug-likeness (QED) is 0.334. The number of hydrogen-bond acceptors (Lipinski definition) is 6. The number of fused-ring (bicyclic) bond motifs is 1. The van der Waals surface area contributed by atoms with Crippen molar-refractivity contribution in [2.75, 3.05) is 20.2 Å². The summed E-state index contributed by atoms with van der Waals surface area (Å²) in [6, 6.07) is 6.65. The zero-order valence-electron chi connectivity index (χ0n) is 20.8. The van der Waals surface area contributed by atoms with Gasteiger partial charge in [0.1, 0.15) is 29.6 Å². The molecule has 2 heterocycles. The molecule has 1 aromatic carbocycles. The third-order valence-corrected chi connectivity index (χ3v) is 7.58. The first-order chi connectivity index (χ1) is 17.4. The van der Waals surface area contributed by atoms with Gasteiger partial charge in [-0.15, -0.1) is 0 Å².